The summed E-state index contributed by atoms with van der Waals surface area (Å²) in [6.07, 6.45) is 4.41. The highest BCUT2D eigenvalue weighted by Gasteiger charge is 2.18. The summed E-state index contributed by atoms with van der Waals surface area (Å²) in [6.45, 7) is 2.83. The molecule has 2 aromatic heterocycles. The monoisotopic (exact) mass is 316 g/mol. The van der Waals surface area contributed by atoms with Gasteiger partial charge in [-0.3, -0.25) is 8.89 Å². The molecule has 0 aliphatic rings. The van der Waals surface area contributed by atoms with E-state index in [9.17, 15) is 4.21 Å². The third kappa shape index (κ3) is 3.06. The summed E-state index contributed by atoms with van der Waals surface area (Å²) in [6, 6.07) is 0. The van der Waals surface area contributed by atoms with E-state index in [1.165, 1.54) is 0 Å². The maximum absolute atomic E-state index is 11.4. The smallest absolute Gasteiger partial charge is 0.158 e. The van der Waals surface area contributed by atoms with Gasteiger partial charge in [0.25, 0.3) is 0 Å². The number of rotatable bonds is 7. The standard InChI is InChI=1S/C13H21ClN4OS/c1-4-5-10-12-13(17(2)16-10)18(8-9-20(3)19)11(15-12)6-7-14/h4-9H2,1-3H3. The molecule has 7 heteroatoms. The van der Waals surface area contributed by atoms with Gasteiger partial charge in [-0.25, -0.2) is 4.98 Å². The Balaban J connectivity index is 2.49. The quantitative estimate of drug-likeness (QED) is 0.733. The third-order valence-electron chi connectivity index (χ3n) is 3.28. The number of hydrogen-bond donors (Lipinski definition) is 0. The molecule has 0 amide bonds. The highest BCUT2D eigenvalue weighted by Crippen LogP contribution is 2.21. The second-order valence-electron chi connectivity index (χ2n) is 4.89. The maximum atomic E-state index is 11.4. The van der Waals surface area contributed by atoms with E-state index in [0.29, 0.717) is 18.2 Å². The van der Waals surface area contributed by atoms with Crippen molar-refractivity contribution >= 4 is 33.6 Å². The fourth-order valence-corrected chi connectivity index (χ4v) is 3.03. The molecule has 0 aliphatic heterocycles. The number of halogens is 1. The molecule has 0 N–H and O–H groups in total. The van der Waals surface area contributed by atoms with Gasteiger partial charge in [0.2, 0.25) is 0 Å². The topological polar surface area (TPSA) is 52.7 Å². The number of imidazole rings is 1. The van der Waals surface area contributed by atoms with E-state index in [2.05, 4.69) is 16.6 Å². The minimum absolute atomic E-state index is 0.537. The number of alkyl halides is 1. The molecule has 0 aliphatic carbocycles. The Hall–Kier alpha value is -0.880. The molecule has 1 unspecified atom stereocenters. The zero-order valence-corrected chi connectivity index (χ0v) is 13.8. The summed E-state index contributed by atoms with van der Waals surface area (Å²) in [5.41, 5.74) is 3.02. The maximum Gasteiger partial charge on any atom is 0.158 e. The summed E-state index contributed by atoms with van der Waals surface area (Å²) in [4.78, 5) is 4.72. The minimum atomic E-state index is -0.820. The van der Waals surface area contributed by atoms with E-state index in [-0.39, 0.29) is 0 Å². The molecule has 0 aromatic carbocycles. The molecule has 5 nitrogen and oxygen atoms in total. The molecule has 0 fully saturated rings. The molecule has 112 valence electrons. The Morgan fingerprint density at radius 2 is 2.10 bits per heavy atom. The first-order chi connectivity index (χ1) is 9.58. The predicted octanol–water partition coefficient (Wildman–Crippen LogP) is 1.88. The van der Waals surface area contributed by atoms with Crippen molar-refractivity contribution in [3.05, 3.63) is 11.5 Å². The van der Waals surface area contributed by atoms with E-state index >= 15 is 0 Å². The lowest BCUT2D eigenvalue weighted by atomic mass is 10.2. The van der Waals surface area contributed by atoms with Crippen LogP contribution >= 0.6 is 11.6 Å². The van der Waals surface area contributed by atoms with Gasteiger partial charge in [0.05, 0.1) is 5.69 Å². The molecule has 2 rings (SSSR count). The fourth-order valence-electron chi connectivity index (χ4n) is 2.42. The number of aromatic nitrogens is 4. The van der Waals surface area contributed by atoms with Crippen LogP contribution in [0.3, 0.4) is 0 Å². The molecular weight excluding hydrogens is 296 g/mol. The first-order valence-corrected chi connectivity index (χ1v) is 9.11. The first kappa shape index (κ1) is 15.5. The molecule has 20 heavy (non-hydrogen) atoms. The second kappa shape index (κ2) is 6.72. The normalized spacial score (nSPS) is 13.2. The van der Waals surface area contributed by atoms with Crippen LogP contribution in [0, 0.1) is 0 Å². The Bertz CT molecular complexity index is 619. The number of fused-ring (bicyclic) bond motifs is 1. The Morgan fingerprint density at radius 3 is 2.70 bits per heavy atom. The van der Waals surface area contributed by atoms with E-state index in [1.807, 2.05) is 11.7 Å². The van der Waals surface area contributed by atoms with Gasteiger partial charge in [0.15, 0.2) is 5.65 Å². The van der Waals surface area contributed by atoms with Crippen LogP contribution in [0.5, 0.6) is 0 Å². The lowest BCUT2D eigenvalue weighted by molar-refractivity contribution is 0.657. The van der Waals surface area contributed by atoms with Crippen molar-refractivity contribution in [3.63, 3.8) is 0 Å². The van der Waals surface area contributed by atoms with Crippen molar-refractivity contribution in [2.45, 2.75) is 32.7 Å². The van der Waals surface area contributed by atoms with Crippen LogP contribution in [0.4, 0.5) is 0 Å². The molecule has 0 radical (unpaired) electrons. The van der Waals surface area contributed by atoms with Crippen LogP contribution in [-0.4, -0.2) is 41.4 Å². The zero-order valence-electron chi connectivity index (χ0n) is 12.2. The van der Waals surface area contributed by atoms with Gasteiger partial charge in [0, 0.05) is 48.7 Å². The van der Waals surface area contributed by atoms with Crippen LogP contribution in [0.2, 0.25) is 0 Å². The number of aryl methyl sites for hydroxylation is 4. The molecule has 1 atom stereocenters. The van der Waals surface area contributed by atoms with Gasteiger partial charge in [-0.15, -0.1) is 11.6 Å². The number of nitrogens with zero attached hydrogens (tertiary/aromatic N) is 4. The Labute approximate surface area is 126 Å². The summed E-state index contributed by atoms with van der Waals surface area (Å²) >= 11 is 5.87. The summed E-state index contributed by atoms with van der Waals surface area (Å²) in [5, 5.41) is 4.55. The molecule has 0 saturated heterocycles. The molecule has 2 heterocycles. The van der Waals surface area contributed by atoms with Crippen LogP contribution in [0.1, 0.15) is 24.9 Å². The summed E-state index contributed by atoms with van der Waals surface area (Å²) in [5.74, 6) is 2.12. The van der Waals surface area contributed by atoms with Crippen molar-refractivity contribution in [1.29, 1.82) is 0 Å². The van der Waals surface area contributed by atoms with Crippen LogP contribution in [0.25, 0.3) is 11.2 Å². The number of hydrogen-bond acceptors (Lipinski definition) is 3. The fraction of sp³-hybridized carbons (Fsp3) is 0.692. The molecule has 0 spiro atoms. The summed E-state index contributed by atoms with van der Waals surface area (Å²) in [7, 11) is 1.12. The highest BCUT2D eigenvalue weighted by atomic mass is 35.5. The lowest BCUT2D eigenvalue weighted by Crippen LogP contribution is -2.12. The SMILES string of the molecule is CCCc1nn(C)c2c1nc(CCCl)n2CCS(C)=O. The van der Waals surface area contributed by atoms with Gasteiger partial charge in [-0.05, 0) is 6.42 Å². The largest absolute Gasteiger partial charge is 0.312 e. The molecule has 0 bridgehead atoms. The van der Waals surface area contributed by atoms with Crippen LogP contribution in [0.15, 0.2) is 0 Å². The van der Waals surface area contributed by atoms with Gasteiger partial charge in [0.1, 0.15) is 11.3 Å². The van der Waals surface area contributed by atoms with Crippen molar-refractivity contribution < 1.29 is 4.21 Å². The van der Waals surface area contributed by atoms with Crippen molar-refractivity contribution in [3.8, 4) is 0 Å². The van der Waals surface area contributed by atoms with Crippen LogP contribution in [-0.2, 0) is 37.2 Å². The Kier molecular flexibility index (Phi) is 5.21. The predicted molar refractivity (Wildman–Crippen MR) is 83.9 cm³/mol. The second-order valence-corrected chi connectivity index (χ2v) is 6.82. The first-order valence-electron chi connectivity index (χ1n) is 6.85. The van der Waals surface area contributed by atoms with E-state index in [4.69, 9.17) is 16.6 Å². The van der Waals surface area contributed by atoms with E-state index in [1.54, 1.807) is 6.26 Å². The van der Waals surface area contributed by atoms with Gasteiger partial charge in [-0.1, -0.05) is 13.3 Å². The Morgan fingerprint density at radius 1 is 1.35 bits per heavy atom. The van der Waals surface area contributed by atoms with Crippen molar-refractivity contribution in [1.82, 2.24) is 19.3 Å². The average molecular weight is 317 g/mol. The van der Waals surface area contributed by atoms with Crippen LogP contribution < -0.4 is 0 Å². The average Bonchev–Trinajstić information content (AvgIpc) is 2.88. The minimum Gasteiger partial charge on any atom is -0.312 e. The third-order valence-corrected chi connectivity index (χ3v) is 4.22. The summed E-state index contributed by atoms with van der Waals surface area (Å²) < 4.78 is 15.4. The van der Waals surface area contributed by atoms with Gasteiger partial charge in [-0.2, -0.15) is 5.10 Å². The van der Waals surface area contributed by atoms with E-state index in [0.717, 1.165) is 41.9 Å². The van der Waals surface area contributed by atoms with E-state index < -0.39 is 10.8 Å². The molecule has 2 aromatic rings. The van der Waals surface area contributed by atoms with Gasteiger partial charge < -0.3 is 4.57 Å². The van der Waals surface area contributed by atoms with Gasteiger partial charge >= 0.3 is 0 Å². The highest BCUT2D eigenvalue weighted by molar-refractivity contribution is 7.84. The van der Waals surface area contributed by atoms with Crippen molar-refractivity contribution in [2.24, 2.45) is 7.05 Å². The van der Waals surface area contributed by atoms with Crippen molar-refractivity contribution in [2.75, 3.05) is 17.9 Å². The molecular formula is C13H21ClN4OS. The lowest BCUT2D eigenvalue weighted by Gasteiger charge is -2.07. The molecule has 0 saturated carbocycles. The zero-order chi connectivity index (χ0) is 14.7.